The van der Waals surface area contributed by atoms with Gasteiger partial charge in [0.15, 0.2) is 0 Å². The van der Waals surface area contributed by atoms with Crippen LogP contribution in [-0.4, -0.2) is 60.6 Å². The molecule has 6 nitrogen and oxygen atoms in total. The van der Waals surface area contributed by atoms with Gasteiger partial charge in [-0.2, -0.15) is 0 Å². The second-order valence-electron chi connectivity index (χ2n) is 10.6. The number of ether oxygens (including phenoxy) is 2. The van der Waals surface area contributed by atoms with Crippen molar-refractivity contribution in [2.45, 2.75) is 64.0 Å². The molecule has 37 heavy (non-hydrogen) atoms. The molecule has 4 rings (SSSR count). The van der Waals surface area contributed by atoms with Gasteiger partial charge in [0.2, 0.25) is 11.8 Å². The Hall–Kier alpha value is -2.57. The molecule has 1 aliphatic carbocycles. The molecule has 0 aromatic heterocycles. The molecule has 7 heteroatoms. The third-order valence-corrected chi connectivity index (χ3v) is 7.98. The van der Waals surface area contributed by atoms with Crippen molar-refractivity contribution < 1.29 is 19.1 Å². The topological polar surface area (TPSA) is 59.1 Å². The predicted octanol–water partition coefficient (Wildman–Crippen LogP) is 5.64. The van der Waals surface area contributed by atoms with E-state index < -0.39 is 5.60 Å². The number of amides is 2. The first-order valence-corrected chi connectivity index (χ1v) is 13.8. The molecule has 1 aliphatic heterocycles. The molecule has 1 unspecified atom stereocenters. The lowest BCUT2D eigenvalue weighted by molar-refractivity contribution is -0.168. The van der Waals surface area contributed by atoms with Crippen LogP contribution in [0.4, 0.5) is 0 Å². The fraction of sp³-hybridized carbons (Fsp3) is 0.533. The van der Waals surface area contributed by atoms with Crippen LogP contribution in [0.1, 0.15) is 56.1 Å². The number of benzene rings is 2. The highest BCUT2D eigenvalue weighted by atomic mass is 35.5. The molecule has 200 valence electrons. The summed E-state index contributed by atoms with van der Waals surface area (Å²) in [5.41, 5.74) is 1.06. The van der Waals surface area contributed by atoms with Crippen molar-refractivity contribution in [1.82, 2.24) is 9.80 Å². The van der Waals surface area contributed by atoms with Gasteiger partial charge in [0.25, 0.3) is 0 Å². The van der Waals surface area contributed by atoms with Crippen LogP contribution in [0.2, 0.25) is 5.02 Å². The Labute approximate surface area is 225 Å². The van der Waals surface area contributed by atoms with Crippen LogP contribution in [0.3, 0.4) is 0 Å². The monoisotopic (exact) mass is 526 g/mol. The lowest BCUT2D eigenvalue weighted by atomic mass is 9.93. The van der Waals surface area contributed by atoms with Gasteiger partial charge in [-0.3, -0.25) is 9.59 Å². The number of halogens is 1. The Morgan fingerprint density at radius 3 is 2.54 bits per heavy atom. The lowest BCUT2D eigenvalue weighted by Crippen LogP contribution is -2.59. The Morgan fingerprint density at radius 2 is 1.84 bits per heavy atom. The first kappa shape index (κ1) is 27.5. The zero-order valence-corrected chi connectivity index (χ0v) is 22.8. The van der Waals surface area contributed by atoms with E-state index in [0.717, 1.165) is 36.8 Å². The number of morpholine rings is 1. The molecule has 0 spiro atoms. The second-order valence-corrected chi connectivity index (χ2v) is 11.0. The lowest BCUT2D eigenvalue weighted by Gasteiger charge is -2.43. The molecule has 0 bridgehead atoms. The Kier molecular flexibility index (Phi) is 9.49. The highest BCUT2D eigenvalue weighted by Crippen LogP contribution is 2.30. The minimum Gasteiger partial charge on any atom is -0.490 e. The zero-order valence-electron chi connectivity index (χ0n) is 22.1. The molecular formula is C30H39ClN2O4. The summed E-state index contributed by atoms with van der Waals surface area (Å²) < 4.78 is 12.5. The van der Waals surface area contributed by atoms with Crippen molar-refractivity contribution in [2.24, 2.45) is 5.92 Å². The molecule has 0 radical (unpaired) electrons. The van der Waals surface area contributed by atoms with Crippen molar-refractivity contribution in [3.8, 4) is 5.75 Å². The van der Waals surface area contributed by atoms with Gasteiger partial charge in [0.05, 0.1) is 19.6 Å². The van der Waals surface area contributed by atoms with E-state index in [9.17, 15) is 9.59 Å². The van der Waals surface area contributed by atoms with E-state index in [1.54, 1.807) is 11.0 Å². The largest absolute Gasteiger partial charge is 0.490 e. The van der Waals surface area contributed by atoms with E-state index in [4.69, 9.17) is 21.1 Å². The van der Waals surface area contributed by atoms with Crippen LogP contribution >= 0.6 is 11.6 Å². The summed E-state index contributed by atoms with van der Waals surface area (Å²) in [6.45, 7) is 3.89. The number of hydrogen-bond donors (Lipinski definition) is 0. The predicted molar refractivity (Wildman–Crippen MR) is 146 cm³/mol. The van der Waals surface area contributed by atoms with E-state index in [-0.39, 0.29) is 30.8 Å². The average molecular weight is 527 g/mol. The molecule has 2 aromatic rings. The number of carbonyl (C=O) groups is 2. The smallest absolute Gasteiger partial charge is 0.225 e. The van der Waals surface area contributed by atoms with Crippen LogP contribution in [0.5, 0.6) is 5.75 Å². The van der Waals surface area contributed by atoms with Gasteiger partial charge >= 0.3 is 0 Å². The SMILES string of the molecule is Cc1cc(OCC2(CC(=O)N(C)Cc3ccccc3)CN(C(=O)C3CCCCCC3)CCO2)ccc1Cl. The molecule has 1 heterocycles. The van der Waals surface area contributed by atoms with Crippen molar-refractivity contribution in [3.05, 3.63) is 64.7 Å². The van der Waals surface area contributed by atoms with Gasteiger partial charge in [0, 0.05) is 31.1 Å². The summed E-state index contributed by atoms with van der Waals surface area (Å²) >= 11 is 6.19. The molecule has 2 aromatic carbocycles. The summed E-state index contributed by atoms with van der Waals surface area (Å²) in [6, 6.07) is 15.4. The number of aryl methyl sites for hydroxylation is 1. The van der Waals surface area contributed by atoms with E-state index in [1.165, 1.54) is 12.8 Å². The summed E-state index contributed by atoms with van der Waals surface area (Å²) in [6.07, 6.45) is 6.64. The van der Waals surface area contributed by atoms with E-state index in [1.807, 2.05) is 61.3 Å². The minimum absolute atomic E-state index is 0.0384. The highest BCUT2D eigenvalue weighted by Gasteiger charge is 2.43. The molecular weight excluding hydrogens is 488 g/mol. The van der Waals surface area contributed by atoms with Crippen molar-refractivity contribution >= 4 is 23.4 Å². The van der Waals surface area contributed by atoms with Crippen LogP contribution in [0, 0.1) is 12.8 Å². The second kappa shape index (κ2) is 12.8. The Morgan fingerprint density at radius 1 is 1.11 bits per heavy atom. The molecule has 0 N–H and O–H groups in total. The normalized spacial score (nSPS) is 20.8. The Bertz CT molecular complexity index is 1050. The molecule has 1 saturated carbocycles. The highest BCUT2D eigenvalue weighted by molar-refractivity contribution is 6.31. The first-order chi connectivity index (χ1) is 17.8. The van der Waals surface area contributed by atoms with Crippen molar-refractivity contribution in [1.29, 1.82) is 0 Å². The minimum atomic E-state index is -0.922. The molecule has 1 saturated heterocycles. The summed E-state index contributed by atoms with van der Waals surface area (Å²) in [5, 5.41) is 0.675. The van der Waals surface area contributed by atoms with Gasteiger partial charge in [0.1, 0.15) is 18.0 Å². The van der Waals surface area contributed by atoms with Crippen LogP contribution in [0.15, 0.2) is 48.5 Å². The van der Waals surface area contributed by atoms with Crippen molar-refractivity contribution in [2.75, 3.05) is 33.4 Å². The number of nitrogens with zero attached hydrogens (tertiary/aromatic N) is 2. The third-order valence-electron chi connectivity index (χ3n) is 7.56. The number of carbonyl (C=O) groups excluding carboxylic acids is 2. The van der Waals surface area contributed by atoms with E-state index >= 15 is 0 Å². The maximum Gasteiger partial charge on any atom is 0.225 e. The third kappa shape index (κ3) is 7.48. The number of rotatable bonds is 8. The Balaban J connectivity index is 1.50. The van der Waals surface area contributed by atoms with Gasteiger partial charge in [-0.25, -0.2) is 0 Å². The molecule has 2 aliphatic rings. The molecule has 1 atom stereocenters. The summed E-state index contributed by atoms with van der Waals surface area (Å²) in [7, 11) is 1.81. The van der Waals surface area contributed by atoms with Gasteiger partial charge in [-0.05, 0) is 49.1 Å². The van der Waals surface area contributed by atoms with E-state index in [2.05, 4.69) is 0 Å². The average Bonchev–Trinajstić information content (AvgIpc) is 3.19. The summed E-state index contributed by atoms with van der Waals surface area (Å²) in [4.78, 5) is 30.6. The first-order valence-electron chi connectivity index (χ1n) is 13.4. The summed E-state index contributed by atoms with van der Waals surface area (Å²) in [5.74, 6) is 0.891. The van der Waals surface area contributed by atoms with E-state index in [0.29, 0.717) is 37.0 Å². The zero-order chi connectivity index (χ0) is 26.3. The van der Waals surface area contributed by atoms with Crippen molar-refractivity contribution in [3.63, 3.8) is 0 Å². The number of hydrogen-bond acceptors (Lipinski definition) is 4. The van der Waals surface area contributed by atoms with Gasteiger partial charge in [-0.15, -0.1) is 0 Å². The fourth-order valence-corrected chi connectivity index (χ4v) is 5.46. The van der Waals surface area contributed by atoms with Gasteiger partial charge in [-0.1, -0.05) is 67.6 Å². The maximum absolute atomic E-state index is 13.5. The quantitative estimate of drug-likeness (QED) is 0.417. The van der Waals surface area contributed by atoms with Gasteiger partial charge < -0.3 is 19.3 Å². The fourth-order valence-electron chi connectivity index (χ4n) is 5.34. The maximum atomic E-state index is 13.5. The van der Waals surface area contributed by atoms with Crippen LogP contribution in [0.25, 0.3) is 0 Å². The van der Waals surface area contributed by atoms with Crippen LogP contribution in [-0.2, 0) is 20.9 Å². The standard InChI is InChI=1S/C30H39ClN2O4/c1-23-18-26(14-15-27(23)31)36-22-30(19-28(34)32(2)20-24-10-6-5-7-11-24)21-33(16-17-37-30)29(35)25-12-8-3-4-9-13-25/h5-7,10-11,14-15,18,25H,3-4,8-9,12-13,16-17,19-22H2,1-2H3. The van der Waals surface area contributed by atoms with Crippen LogP contribution < -0.4 is 4.74 Å². The molecule has 2 fully saturated rings. The molecule has 2 amide bonds.